The minimum absolute atomic E-state index is 0.279. The Hall–Kier alpha value is -1.74. The highest BCUT2D eigenvalue weighted by Crippen LogP contribution is 2.44. The van der Waals surface area contributed by atoms with E-state index in [0.29, 0.717) is 5.78 Å². The van der Waals surface area contributed by atoms with Crippen molar-refractivity contribution in [3.05, 3.63) is 48.0 Å². The lowest BCUT2D eigenvalue weighted by Crippen LogP contribution is -2.05. The molecule has 0 atom stereocenters. The molecule has 94 valence electrons. The first-order valence-electron chi connectivity index (χ1n) is 6.53. The molecule has 1 N–H and O–H groups in total. The van der Waals surface area contributed by atoms with Crippen LogP contribution in [0, 0.1) is 5.92 Å². The van der Waals surface area contributed by atoms with E-state index >= 15 is 0 Å². The van der Waals surface area contributed by atoms with Crippen LogP contribution >= 0.6 is 11.8 Å². The van der Waals surface area contributed by atoms with Crippen molar-refractivity contribution in [2.75, 3.05) is 5.32 Å². The second-order valence-corrected chi connectivity index (χ2v) is 6.16. The van der Waals surface area contributed by atoms with E-state index in [1.807, 2.05) is 24.3 Å². The molecule has 2 aromatic rings. The van der Waals surface area contributed by atoms with Crippen molar-refractivity contribution in [2.24, 2.45) is 5.92 Å². The largest absolute Gasteiger partial charge is 0.354 e. The second kappa shape index (κ2) is 4.14. The molecule has 0 bridgehead atoms. The van der Waals surface area contributed by atoms with Crippen molar-refractivity contribution in [2.45, 2.75) is 22.6 Å². The summed E-state index contributed by atoms with van der Waals surface area (Å²) in [4.78, 5) is 14.5. The molecule has 2 aromatic carbocycles. The zero-order valence-corrected chi connectivity index (χ0v) is 11.2. The van der Waals surface area contributed by atoms with E-state index in [2.05, 4.69) is 23.5 Å². The quantitative estimate of drug-likeness (QED) is 0.694. The van der Waals surface area contributed by atoms with Crippen LogP contribution < -0.4 is 5.32 Å². The Morgan fingerprint density at radius 3 is 2.68 bits per heavy atom. The standard InChI is InChI=1S/C16H13NOS/c18-16(10-5-6-10)11-7-8-15-13(9-11)17-12-3-1-2-4-14(12)19-15/h1-4,7-10,17H,5-6H2. The van der Waals surface area contributed by atoms with Gasteiger partial charge in [-0.25, -0.2) is 0 Å². The van der Waals surface area contributed by atoms with Crippen LogP contribution in [-0.4, -0.2) is 5.78 Å². The average molecular weight is 267 g/mol. The first-order chi connectivity index (χ1) is 9.31. The van der Waals surface area contributed by atoms with E-state index in [9.17, 15) is 4.79 Å². The van der Waals surface area contributed by atoms with Crippen LogP contribution in [-0.2, 0) is 0 Å². The Morgan fingerprint density at radius 1 is 1.05 bits per heavy atom. The molecule has 0 spiro atoms. The highest BCUT2D eigenvalue weighted by atomic mass is 32.2. The SMILES string of the molecule is O=C(c1ccc2c(c1)Nc1ccccc1S2)C1CC1. The number of rotatable bonds is 2. The Kier molecular flexibility index (Phi) is 2.42. The monoisotopic (exact) mass is 267 g/mol. The summed E-state index contributed by atoms with van der Waals surface area (Å²) in [6.45, 7) is 0. The summed E-state index contributed by atoms with van der Waals surface area (Å²) in [5.74, 6) is 0.579. The van der Waals surface area contributed by atoms with Crippen LogP contribution in [0.5, 0.6) is 0 Å². The number of ketones is 1. The molecule has 0 saturated heterocycles. The third-order valence-electron chi connectivity index (χ3n) is 3.59. The first kappa shape index (κ1) is 11.1. The number of hydrogen-bond donors (Lipinski definition) is 1. The van der Waals surface area contributed by atoms with Crippen molar-refractivity contribution in [1.82, 2.24) is 0 Å². The number of fused-ring (bicyclic) bond motifs is 2. The molecular weight excluding hydrogens is 254 g/mol. The van der Waals surface area contributed by atoms with Gasteiger partial charge in [-0.1, -0.05) is 30.0 Å². The van der Waals surface area contributed by atoms with Crippen molar-refractivity contribution in [1.29, 1.82) is 0 Å². The molecule has 19 heavy (non-hydrogen) atoms. The number of hydrogen-bond acceptors (Lipinski definition) is 3. The minimum Gasteiger partial charge on any atom is -0.354 e. The summed E-state index contributed by atoms with van der Waals surface area (Å²) >= 11 is 1.75. The predicted molar refractivity (Wildman–Crippen MR) is 77.3 cm³/mol. The summed E-state index contributed by atoms with van der Waals surface area (Å²) in [6, 6.07) is 14.3. The topological polar surface area (TPSA) is 29.1 Å². The van der Waals surface area contributed by atoms with Gasteiger partial charge in [0.15, 0.2) is 5.78 Å². The average Bonchev–Trinajstić information content (AvgIpc) is 3.28. The fourth-order valence-electron chi connectivity index (χ4n) is 2.37. The lowest BCUT2D eigenvalue weighted by atomic mass is 10.1. The van der Waals surface area contributed by atoms with Gasteiger partial charge in [0.1, 0.15) is 0 Å². The smallest absolute Gasteiger partial charge is 0.166 e. The Balaban J connectivity index is 1.71. The van der Waals surface area contributed by atoms with Gasteiger partial charge in [0.05, 0.1) is 11.4 Å². The summed E-state index contributed by atoms with van der Waals surface area (Å²) in [7, 11) is 0. The van der Waals surface area contributed by atoms with E-state index < -0.39 is 0 Å². The van der Waals surface area contributed by atoms with Crippen molar-refractivity contribution >= 4 is 28.9 Å². The summed E-state index contributed by atoms with van der Waals surface area (Å²) in [5.41, 5.74) is 3.01. The van der Waals surface area contributed by atoms with Crippen LogP contribution in [0.4, 0.5) is 11.4 Å². The lowest BCUT2D eigenvalue weighted by Gasteiger charge is -2.21. The Labute approximate surface area is 116 Å². The Bertz CT molecular complexity index is 676. The molecule has 1 aliphatic carbocycles. The summed E-state index contributed by atoms with van der Waals surface area (Å²) < 4.78 is 0. The molecule has 0 amide bonds. The molecule has 0 radical (unpaired) electrons. The molecule has 4 rings (SSSR count). The van der Waals surface area contributed by atoms with Gasteiger partial charge < -0.3 is 5.32 Å². The van der Waals surface area contributed by atoms with Crippen molar-refractivity contribution < 1.29 is 4.79 Å². The van der Waals surface area contributed by atoms with E-state index in [0.717, 1.165) is 29.8 Å². The normalized spacial score (nSPS) is 16.2. The molecule has 1 fully saturated rings. The lowest BCUT2D eigenvalue weighted by molar-refractivity contribution is 0.0967. The highest BCUT2D eigenvalue weighted by molar-refractivity contribution is 7.99. The number of carbonyl (C=O) groups is 1. The number of carbonyl (C=O) groups excluding carboxylic acids is 1. The van der Waals surface area contributed by atoms with E-state index in [1.165, 1.54) is 9.79 Å². The zero-order chi connectivity index (χ0) is 12.8. The van der Waals surface area contributed by atoms with E-state index in [-0.39, 0.29) is 5.92 Å². The summed E-state index contributed by atoms with van der Waals surface area (Å²) in [5, 5.41) is 3.42. The predicted octanol–water partition coefficient (Wildman–Crippen LogP) is 4.49. The van der Waals surface area contributed by atoms with Crippen LogP contribution in [0.25, 0.3) is 0 Å². The minimum atomic E-state index is 0.279. The number of benzene rings is 2. The zero-order valence-electron chi connectivity index (χ0n) is 10.3. The Morgan fingerprint density at radius 2 is 1.84 bits per heavy atom. The maximum absolute atomic E-state index is 12.1. The second-order valence-electron chi connectivity index (χ2n) is 5.07. The van der Waals surface area contributed by atoms with Crippen LogP contribution in [0.15, 0.2) is 52.3 Å². The van der Waals surface area contributed by atoms with Gasteiger partial charge in [-0.15, -0.1) is 0 Å². The fourth-order valence-corrected chi connectivity index (χ4v) is 3.34. The first-order valence-corrected chi connectivity index (χ1v) is 7.35. The number of nitrogens with one attached hydrogen (secondary N) is 1. The number of Topliss-reactive ketones (excluding diaryl/α,β-unsaturated/α-hetero) is 1. The van der Waals surface area contributed by atoms with Crippen molar-refractivity contribution in [3.8, 4) is 0 Å². The van der Waals surface area contributed by atoms with E-state index in [4.69, 9.17) is 0 Å². The maximum atomic E-state index is 12.1. The molecule has 2 nitrogen and oxygen atoms in total. The molecule has 0 aromatic heterocycles. The fraction of sp³-hybridized carbons (Fsp3) is 0.188. The number of anilines is 2. The highest BCUT2D eigenvalue weighted by Gasteiger charge is 2.30. The molecule has 1 aliphatic heterocycles. The molecule has 2 aliphatic rings. The van der Waals surface area contributed by atoms with Crippen LogP contribution in [0.3, 0.4) is 0 Å². The third kappa shape index (κ3) is 1.94. The van der Waals surface area contributed by atoms with Crippen molar-refractivity contribution in [3.63, 3.8) is 0 Å². The molecule has 3 heteroatoms. The number of para-hydroxylation sites is 1. The van der Waals surface area contributed by atoms with Crippen LogP contribution in [0.2, 0.25) is 0 Å². The third-order valence-corrected chi connectivity index (χ3v) is 4.74. The van der Waals surface area contributed by atoms with Gasteiger partial charge in [-0.3, -0.25) is 4.79 Å². The van der Waals surface area contributed by atoms with Crippen LogP contribution in [0.1, 0.15) is 23.2 Å². The van der Waals surface area contributed by atoms with Gasteiger partial charge >= 0.3 is 0 Å². The molecular formula is C16H13NOS. The van der Waals surface area contributed by atoms with Gasteiger partial charge in [0, 0.05) is 21.3 Å². The van der Waals surface area contributed by atoms with Gasteiger partial charge in [0.2, 0.25) is 0 Å². The molecule has 1 heterocycles. The molecule has 1 saturated carbocycles. The van der Waals surface area contributed by atoms with Gasteiger partial charge in [-0.2, -0.15) is 0 Å². The molecule has 0 unspecified atom stereocenters. The van der Waals surface area contributed by atoms with Gasteiger partial charge in [0.25, 0.3) is 0 Å². The van der Waals surface area contributed by atoms with Gasteiger partial charge in [-0.05, 0) is 37.1 Å². The maximum Gasteiger partial charge on any atom is 0.166 e. The summed E-state index contributed by atoms with van der Waals surface area (Å²) in [6.07, 6.45) is 2.11. The van der Waals surface area contributed by atoms with E-state index in [1.54, 1.807) is 11.8 Å².